The number of esters is 1. The fourth-order valence-electron chi connectivity index (χ4n) is 2.02. The quantitative estimate of drug-likeness (QED) is 0.825. The lowest BCUT2D eigenvalue weighted by atomic mass is 10.2. The van der Waals surface area contributed by atoms with E-state index in [0.29, 0.717) is 5.75 Å². The van der Waals surface area contributed by atoms with Gasteiger partial charge in [-0.3, -0.25) is 4.90 Å². The van der Waals surface area contributed by atoms with Gasteiger partial charge in [0, 0.05) is 32.7 Å². The second-order valence-corrected chi connectivity index (χ2v) is 4.53. The Hall–Kier alpha value is -1.01. The molecule has 5 nitrogen and oxygen atoms in total. The highest BCUT2D eigenvalue weighted by atomic mass is 35.5. The molecule has 21 heavy (non-hydrogen) atoms. The van der Waals surface area contributed by atoms with E-state index in [1.807, 2.05) is 24.3 Å². The first-order valence-electron chi connectivity index (χ1n) is 6.49. The van der Waals surface area contributed by atoms with Crippen LogP contribution < -0.4 is 10.1 Å². The van der Waals surface area contributed by atoms with Gasteiger partial charge in [0.05, 0.1) is 7.11 Å². The summed E-state index contributed by atoms with van der Waals surface area (Å²) in [4.78, 5) is 13.4. The van der Waals surface area contributed by atoms with Gasteiger partial charge in [-0.1, -0.05) is 12.1 Å². The Labute approximate surface area is 137 Å². The minimum atomic E-state index is -0.370. The van der Waals surface area contributed by atoms with E-state index >= 15 is 0 Å². The number of hydrogen-bond acceptors (Lipinski definition) is 5. The molecule has 0 aliphatic carbocycles. The predicted molar refractivity (Wildman–Crippen MR) is 86.6 cm³/mol. The maximum absolute atomic E-state index is 11.0. The molecular formula is C14H22Cl2N2O3. The van der Waals surface area contributed by atoms with Crippen LogP contribution in [-0.2, 0) is 16.1 Å². The van der Waals surface area contributed by atoms with Crippen molar-refractivity contribution < 1.29 is 14.3 Å². The van der Waals surface area contributed by atoms with Gasteiger partial charge < -0.3 is 14.8 Å². The first kappa shape index (κ1) is 20.0. The van der Waals surface area contributed by atoms with Crippen LogP contribution in [0.1, 0.15) is 5.56 Å². The zero-order valence-electron chi connectivity index (χ0n) is 12.0. The number of hydrogen-bond donors (Lipinski definition) is 1. The van der Waals surface area contributed by atoms with Gasteiger partial charge >= 0.3 is 5.97 Å². The van der Waals surface area contributed by atoms with E-state index in [0.717, 1.165) is 32.7 Å². The Bertz CT molecular complexity index is 409. The van der Waals surface area contributed by atoms with Gasteiger partial charge in [0.1, 0.15) is 5.75 Å². The van der Waals surface area contributed by atoms with E-state index in [-0.39, 0.29) is 37.4 Å². The van der Waals surface area contributed by atoms with Crippen LogP contribution in [0.2, 0.25) is 0 Å². The number of halogens is 2. The van der Waals surface area contributed by atoms with E-state index in [2.05, 4.69) is 15.0 Å². The molecule has 1 aromatic carbocycles. The Kier molecular flexibility index (Phi) is 10.2. The second kappa shape index (κ2) is 10.7. The Morgan fingerprint density at radius 2 is 1.81 bits per heavy atom. The molecule has 1 aliphatic rings. The smallest absolute Gasteiger partial charge is 0.343 e. The van der Waals surface area contributed by atoms with Gasteiger partial charge in [0.25, 0.3) is 0 Å². The van der Waals surface area contributed by atoms with Crippen molar-refractivity contribution in [3.63, 3.8) is 0 Å². The maximum atomic E-state index is 11.0. The normalized spacial score (nSPS) is 14.5. The van der Waals surface area contributed by atoms with Crippen LogP contribution in [-0.4, -0.2) is 50.8 Å². The number of carbonyl (C=O) groups is 1. The molecule has 0 atom stereocenters. The average molecular weight is 337 g/mol. The standard InChI is InChI=1S/C14H20N2O3.2ClH/c1-18-14(17)11-19-13-4-2-12(3-5-13)10-16-8-6-15-7-9-16;;/h2-5,15H,6-11H2,1H3;2*1H. The van der Waals surface area contributed by atoms with Crippen LogP contribution in [0, 0.1) is 0 Å². The highest BCUT2D eigenvalue weighted by Crippen LogP contribution is 2.14. The van der Waals surface area contributed by atoms with Crippen molar-refractivity contribution in [2.24, 2.45) is 0 Å². The van der Waals surface area contributed by atoms with Crippen LogP contribution in [0.25, 0.3) is 0 Å². The lowest BCUT2D eigenvalue weighted by Gasteiger charge is -2.27. The molecule has 1 fully saturated rings. The third kappa shape index (κ3) is 7.00. The number of nitrogens with one attached hydrogen (secondary N) is 1. The minimum Gasteiger partial charge on any atom is -0.482 e. The SMILES string of the molecule is COC(=O)COc1ccc(CN2CCNCC2)cc1.Cl.Cl. The summed E-state index contributed by atoms with van der Waals surface area (Å²) in [6.45, 7) is 5.19. The molecule has 2 rings (SSSR count). The summed E-state index contributed by atoms with van der Waals surface area (Å²) >= 11 is 0. The lowest BCUT2D eigenvalue weighted by molar-refractivity contribution is -0.142. The summed E-state index contributed by atoms with van der Waals surface area (Å²) in [5.74, 6) is 0.319. The van der Waals surface area contributed by atoms with E-state index in [1.165, 1.54) is 12.7 Å². The molecule has 0 radical (unpaired) electrons. The topological polar surface area (TPSA) is 50.8 Å². The molecule has 120 valence electrons. The van der Waals surface area contributed by atoms with Crippen LogP contribution in [0.5, 0.6) is 5.75 Å². The number of piperazine rings is 1. The molecule has 0 aromatic heterocycles. The Morgan fingerprint density at radius 3 is 2.38 bits per heavy atom. The van der Waals surface area contributed by atoms with Crippen LogP contribution in [0.15, 0.2) is 24.3 Å². The number of methoxy groups -OCH3 is 1. The molecule has 7 heteroatoms. The monoisotopic (exact) mass is 336 g/mol. The summed E-state index contributed by atoms with van der Waals surface area (Å²) in [6, 6.07) is 7.85. The fourth-order valence-corrected chi connectivity index (χ4v) is 2.02. The molecular weight excluding hydrogens is 315 g/mol. The average Bonchev–Trinajstić information content (AvgIpc) is 2.47. The van der Waals surface area contributed by atoms with Gasteiger partial charge in [0.15, 0.2) is 6.61 Å². The van der Waals surface area contributed by atoms with Crippen molar-refractivity contribution in [3.05, 3.63) is 29.8 Å². The van der Waals surface area contributed by atoms with E-state index in [9.17, 15) is 4.79 Å². The molecule has 0 saturated carbocycles. The molecule has 1 aromatic rings. The summed E-state index contributed by atoms with van der Waals surface area (Å²) in [5.41, 5.74) is 1.26. The van der Waals surface area contributed by atoms with Crippen molar-refractivity contribution in [2.45, 2.75) is 6.54 Å². The maximum Gasteiger partial charge on any atom is 0.343 e. The molecule has 1 saturated heterocycles. The molecule has 1 heterocycles. The highest BCUT2D eigenvalue weighted by Gasteiger charge is 2.09. The third-order valence-electron chi connectivity index (χ3n) is 3.12. The summed E-state index contributed by atoms with van der Waals surface area (Å²) in [7, 11) is 1.35. The Morgan fingerprint density at radius 1 is 1.19 bits per heavy atom. The minimum absolute atomic E-state index is 0. The van der Waals surface area contributed by atoms with Crippen molar-refractivity contribution in [2.75, 3.05) is 39.9 Å². The summed E-state index contributed by atoms with van der Waals surface area (Å²) in [5, 5.41) is 3.34. The number of carbonyl (C=O) groups excluding carboxylic acids is 1. The molecule has 0 amide bonds. The third-order valence-corrected chi connectivity index (χ3v) is 3.12. The van der Waals surface area contributed by atoms with E-state index < -0.39 is 0 Å². The number of ether oxygens (including phenoxy) is 2. The lowest BCUT2D eigenvalue weighted by Crippen LogP contribution is -2.42. The molecule has 0 bridgehead atoms. The first-order valence-corrected chi connectivity index (χ1v) is 6.49. The highest BCUT2D eigenvalue weighted by molar-refractivity contribution is 5.85. The van der Waals surface area contributed by atoms with Gasteiger partial charge in [0.2, 0.25) is 0 Å². The van der Waals surface area contributed by atoms with Crippen molar-refractivity contribution in [1.82, 2.24) is 10.2 Å². The number of nitrogens with zero attached hydrogens (tertiary/aromatic N) is 1. The molecule has 1 N–H and O–H groups in total. The Balaban J connectivity index is 0.00000200. The van der Waals surface area contributed by atoms with Crippen LogP contribution in [0.4, 0.5) is 0 Å². The van der Waals surface area contributed by atoms with Crippen molar-refractivity contribution >= 4 is 30.8 Å². The van der Waals surface area contributed by atoms with Crippen LogP contribution in [0.3, 0.4) is 0 Å². The van der Waals surface area contributed by atoms with E-state index in [1.54, 1.807) is 0 Å². The molecule has 0 spiro atoms. The van der Waals surface area contributed by atoms with Gasteiger partial charge in [-0.2, -0.15) is 0 Å². The number of rotatable bonds is 5. The number of benzene rings is 1. The molecule has 0 unspecified atom stereocenters. The molecule has 1 aliphatic heterocycles. The van der Waals surface area contributed by atoms with Crippen molar-refractivity contribution in [3.8, 4) is 5.75 Å². The van der Waals surface area contributed by atoms with Crippen LogP contribution >= 0.6 is 24.8 Å². The fraction of sp³-hybridized carbons (Fsp3) is 0.500. The summed E-state index contributed by atoms with van der Waals surface area (Å²) < 4.78 is 9.83. The first-order chi connectivity index (χ1) is 9.28. The van der Waals surface area contributed by atoms with E-state index in [4.69, 9.17) is 4.74 Å². The van der Waals surface area contributed by atoms with Gasteiger partial charge in [-0.15, -0.1) is 24.8 Å². The van der Waals surface area contributed by atoms with Gasteiger partial charge in [-0.05, 0) is 17.7 Å². The van der Waals surface area contributed by atoms with Crippen molar-refractivity contribution in [1.29, 1.82) is 0 Å². The zero-order chi connectivity index (χ0) is 13.5. The predicted octanol–water partition coefficient (Wildman–Crippen LogP) is 1.49. The summed E-state index contributed by atoms with van der Waals surface area (Å²) in [6.07, 6.45) is 0. The largest absolute Gasteiger partial charge is 0.482 e. The van der Waals surface area contributed by atoms with Gasteiger partial charge in [-0.25, -0.2) is 4.79 Å². The second-order valence-electron chi connectivity index (χ2n) is 4.53. The zero-order valence-corrected chi connectivity index (χ0v) is 13.7.